The molecule has 0 bridgehead atoms. The Morgan fingerprint density at radius 2 is 1.81 bits per heavy atom. The van der Waals surface area contributed by atoms with Gasteiger partial charge in [-0.1, -0.05) is 18.2 Å². The number of carbonyl (C=O) groups is 1. The average Bonchev–Trinajstić information content (AvgIpc) is 3.57. The number of nitrogens with zero attached hydrogens (tertiary/aromatic N) is 2. The SMILES string of the molecule is COC(=O)c1ccc(-c2ccc([C@H]3[C@@H](c4ccccn4)NC(=S)N3c3cc(OC)ccc3OC)o2)cc1. The first-order chi connectivity index (χ1) is 18.0. The van der Waals surface area contributed by atoms with E-state index in [9.17, 15) is 4.79 Å². The Bertz CT molecular complexity index is 1420. The molecule has 188 valence electrons. The molecule has 2 aromatic heterocycles. The molecule has 9 heteroatoms. The van der Waals surface area contributed by atoms with Crippen molar-refractivity contribution in [3.8, 4) is 22.8 Å². The van der Waals surface area contributed by atoms with Crippen LogP contribution >= 0.6 is 12.2 Å². The number of furan rings is 1. The van der Waals surface area contributed by atoms with Crippen LogP contribution in [0.15, 0.2) is 83.4 Å². The van der Waals surface area contributed by atoms with Crippen molar-refractivity contribution in [2.75, 3.05) is 26.2 Å². The smallest absolute Gasteiger partial charge is 0.337 e. The van der Waals surface area contributed by atoms with Crippen molar-refractivity contribution < 1.29 is 23.4 Å². The largest absolute Gasteiger partial charge is 0.497 e. The first-order valence-corrected chi connectivity index (χ1v) is 12.0. The fraction of sp³-hybridized carbons (Fsp3) is 0.179. The molecule has 8 nitrogen and oxygen atoms in total. The van der Waals surface area contributed by atoms with Gasteiger partial charge in [0.25, 0.3) is 0 Å². The summed E-state index contributed by atoms with van der Waals surface area (Å²) in [7, 11) is 4.59. The Morgan fingerprint density at radius 3 is 2.49 bits per heavy atom. The maximum Gasteiger partial charge on any atom is 0.337 e. The van der Waals surface area contributed by atoms with E-state index in [0.717, 1.165) is 16.9 Å². The van der Waals surface area contributed by atoms with Gasteiger partial charge < -0.3 is 28.8 Å². The van der Waals surface area contributed by atoms with E-state index in [1.165, 1.54) is 7.11 Å². The number of rotatable bonds is 7. The van der Waals surface area contributed by atoms with Gasteiger partial charge in [-0.05, 0) is 60.7 Å². The van der Waals surface area contributed by atoms with Crippen LogP contribution in [0.2, 0.25) is 0 Å². The van der Waals surface area contributed by atoms with E-state index < -0.39 is 5.97 Å². The number of hydrogen-bond acceptors (Lipinski definition) is 7. The molecule has 2 aromatic carbocycles. The van der Waals surface area contributed by atoms with Crippen molar-refractivity contribution in [2.45, 2.75) is 12.1 Å². The topological polar surface area (TPSA) is 86.1 Å². The van der Waals surface area contributed by atoms with Crippen LogP contribution in [0.4, 0.5) is 5.69 Å². The molecular formula is C28H25N3O5S. The Hall–Kier alpha value is -4.37. The van der Waals surface area contributed by atoms with Crippen molar-refractivity contribution in [1.29, 1.82) is 0 Å². The van der Waals surface area contributed by atoms with E-state index in [1.54, 1.807) is 32.5 Å². The molecule has 1 aliphatic rings. The van der Waals surface area contributed by atoms with Crippen molar-refractivity contribution in [3.05, 3.63) is 96.0 Å². The van der Waals surface area contributed by atoms with Gasteiger partial charge >= 0.3 is 5.97 Å². The zero-order valence-electron chi connectivity index (χ0n) is 20.5. The Kier molecular flexibility index (Phi) is 6.78. The van der Waals surface area contributed by atoms with E-state index in [0.29, 0.717) is 33.7 Å². The second-order valence-corrected chi connectivity index (χ2v) is 8.69. The molecule has 37 heavy (non-hydrogen) atoms. The van der Waals surface area contributed by atoms with E-state index in [1.807, 2.05) is 65.6 Å². The van der Waals surface area contributed by atoms with Gasteiger partial charge in [-0.2, -0.15) is 0 Å². The van der Waals surface area contributed by atoms with Crippen molar-refractivity contribution in [3.63, 3.8) is 0 Å². The van der Waals surface area contributed by atoms with Gasteiger partial charge in [0.1, 0.15) is 29.1 Å². The number of thiocarbonyl (C=S) groups is 1. The van der Waals surface area contributed by atoms with Gasteiger partial charge in [0.2, 0.25) is 0 Å². The zero-order valence-corrected chi connectivity index (χ0v) is 21.3. The molecular weight excluding hydrogens is 490 g/mol. The van der Waals surface area contributed by atoms with Crippen LogP contribution < -0.4 is 19.7 Å². The number of nitrogens with one attached hydrogen (secondary N) is 1. The molecule has 0 spiro atoms. The van der Waals surface area contributed by atoms with Crippen LogP contribution in [-0.2, 0) is 4.74 Å². The minimum absolute atomic E-state index is 0.287. The van der Waals surface area contributed by atoms with Gasteiger partial charge in [0.05, 0.1) is 44.3 Å². The van der Waals surface area contributed by atoms with Gasteiger partial charge in [-0.3, -0.25) is 4.98 Å². The lowest BCUT2D eigenvalue weighted by Gasteiger charge is -2.27. The van der Waals surface area contributed by atoms with Crippen LogP contribution in [0.25, 0.3) is 11.3 Å². The molecule has 1 aliphatic heterocycles. The lowest BCUT2D eigenvalue weighted by molar-refractivity contribution is 0.0600. The molecule has 0 amide bonds. The van der Waals surface area contributed by atoms with Crippen molar-refractivity contribution >= 4 is 29.0 Å². The number of ether oxygens (including phenoxy) is 3. The molecule has 0 radical (unpaired) electrons. The third-order valence-electron chi connectivity index (χ3n) is 6.25. The molecule has 5 rings (SSSR count). The fourth-order valence-electron chi connectivity index (χ4n) is 4.44. The minimum atomic E-state index is -0.390. The number of hydrogen-bond donors (Lipinski definition) is 1. The minimum Gasteiger partial charge on any atom is -0.497 e. The highest BCUT2D eigenvalue weighted by Gasteiger charge is 2.43. The van der Waals surface area contributed by atoms with Crippen molar-refractivity contribution in [1.82, 2.24) is 10.3 Å². The maximum atomic E-state index is 11.8. The first-order valence-electron chi connectivity index (χ1n) is 11.5. The number of methoxy groups -OCH3 is 3. The summed E-state index contributed by atoms with van der Waals surface area (Å²) in [6.45, 7) is 0. The van der Waals surface area contributed by atoms with E-state index >= 15 is 0 Å². The third-order valence-corrected chi connectivity index (χ3v) is 6.57. The fourth-order valence-corrected chi connectivity index (χ4v) is 4.78. The molecule has 4 aromatic rings. The normalized spacial score (nSPS) is 16.8. The number of carbonyl (C=O) groups excluding carboxylic acids is 1. The average molecular weight is 516 g/mol. The number of esters is 1. The van der Waals surface area contributed by atoms with Gasteiger partial charge in [0.15, 0.2) is 5.11 Å². The molecule has 2 atom stereocenters. The summed E-state index contributed by atoms with van der Waals surface area (Å²) in [6, 6.07) is 21.6. The Morgan fingerprint density at radius 1 is 1.00 bits per heavy atom. The summed E-state index contributed by atoms with van der Waals surface area (Å²) >= 11 is 5.82. The Balaban J connectivity index is 1.59. The lowest BCUT2D eigenvalue weighted by Crippen LogP contribution is -2.29. The first kappa shape index (κ1) is 24.3. The predicted molar refractivity (Wildman–Crippen MR) is 143 cm³/mol. The second-order valence-electron chi connectivity index (χ2n) is 8.31. The molecule has 3 heterocycles. The van der Waals surface area contributed by atoms with Gasteiger partial charge in [0, 0.05) is 17.8 Å². The van der Waals surface area contributed by atoms with Gasteiger partial charge in [-0.15, -0.1) is 0 Å². The number of aromatic nitrogens is 1. The van der Waals surface area contributed by atoms with Crippen LogP contribution in [-0.4, -0.2) is 37.4 Å². The lowest BCUT2D eigenvalue weighted by atomic mass is 10.0. The van der Waals surface area contributed by atoms with Crippen LogP contribution in [0.1, 0.15) is 33.9 Å². The predicted octanol–water partition coefficient (Wildman–Crippen LogP) is 5.32. The summed E-state index contributed by atoms with van der Waals surface area (Å²) in [5.41, 5.74) is 2.85. The summed E-state index contributed by atoms with van der Waals surface area (Å²) in [5.74, 6) is 2.26. The Labute approximate surface area is 219 Å². The van der Waals surface area contributed by atoms with E-state index in [4.69, 9.17) is 30.8 Å². The summed E-state index contributed by atoms with van der Waals surface area (Å²) in [4.78, 5) is 18.4. The quantitative estimate of drug-likeness (QED) is 0.259. The maximum absolute atomic E-state index is 11.8. The molecule has 1 saturated heterocycles. The van der Waals surface area contributed by atoms with E-state index in [2.05, 4.69) is 10.3 Å². The van der Waals surface area contributed by atoms with Crippen LogP contribution in [0.3, 0.4) is 0 Å². The summed E-state index contributed by atoms with van der Waals surface area (Å²) in [5, 5.41) is 3.93. The molecule has 0 aliphatic carbocycles. The standard InChI is InChI=1S/C28H25N3O5S/c1-33-19-11-12-23(34-2)21(16-19)31-26(25(30-28(31)37)20-6-4-5-15-29-20)24-14-13-22(36-24)17-7-9-18(10-8-17)27(32)35-3/h4-16,25-26H,1-3H3,(H,30,37)/t25-,26+/m1/s1. The number of anilines is 1. The second kappa shape index (κ2) is 10.3. The zero-order chi connectivity index (χ0) is 25.9. The molecule has 0 saturated carbocycles. The van der Waals surface area contributed by atoms with Crippen molar-refractivity contribution in [2.24, 2.45) is 0 Å². The molecule has 0 unspecified atom stereocenters. The highest BCUT2D eigenvalue weighted by Crippen LogP contribution is 2.46. The summed E-state index contributed by atoms with van der Waals surface area (Å²) in [6.07, 6.45) is 1.75. The monoisotopic (exact) mass is 515 g/mol. The highest BCUT2D eigenvalue weighted by atomic mass is 32.1. The number of pyridine rings is 1. The summed E-state index contributed by atoms with van der Waals surface area (Å²) < 4.78 is 22.4. The highest BCUT2D eigenvalue weighted by molar-refractivity contribution is 7.80. The van der Waals surface area contributed by atoms with Crippen LogP contribution in [0.5, 0.6) is 11.5 Å². The van der Waals surface area contributed by atoms with E-state index in [-0.39, 0.29) is 12.1 Å². The van der Waals surface area contributed by atoms with Gasteiger partial charge in [-0.25, -0.2) is 4.79 Å². The molecule has 1 fully saturated rings. The third kappa shape index (κ3) is 4.61. The molecule has 1 N–H and O–H groups in total. The number of benzene rings is 2. The van der Waals surface area contributed by atoms with Crippen LogP contribution in [0, 0.1) is 0 Å².